The van der Waals surface area contributed by atoms with Crippen LogP contribution >= 0.6 is 0 Å². The molecule has 0 N–H and O–H groups in total. The second-order valence-corrected chi connectivity index (χ2v) is 6.72. The standard InChI is InChI=1S/C23H26O5/c1-15(24)28-19-12-8-11-18(19)22(16-9-6-5-7-10-16)23-20(26-3)13-17(25-2)14-21(23)27-4/h5-11,13-14,18-19,22H,12H2,1-4H3/t18?,19?,22-/m1/s1. The summed E-state index contributed by atoms with van der Waals surface area (Å²) >= 11 is 0. The average Bonchev–Trinajstić information content (AvgIpc) is 3.15. The van der Waals surface area contributed by atoms with Crippen molar-refractivity contribution in [3.63, 3.8) is 0 Å². The third-order valence-electron chi connectivity index (χ3n) is 5.08. The number of rotatable bonds is 7. The van der Waals surface area contributed by atoms with Crippen LogP contribution in [0.15, 0.2) is 54.6 Å². The van der Waals surface area contributed by atoms with E-state index < -0.39 is 0 Å². The minimum Gasteiger partial charge on any atom is -0.496 e. The highest BCUT2D eigenvalue weighted by molar-refractivity contribution is 5.66. The molecule has 0 bridgehead atoms. The van der Waals surface area contributed by atoms with E-state index in [1.54, 1.807) is 21.3 Å². The summed E-state index contributed by atoms with van der Waals surface area (Å²) in [6.07, 6.45) is 4.64. The molecule has 0 aromatic heterocycles. The molecule has 148 valence electrons. The lowest BCUT2D eigenvalue weighted by atomic mass is 9.78. The molecule has 0 heterocycles. The molecule has 2 aromatic rings. The quantitative estimate of drug-likeness (QED) is 0.526. The fraction of sp³-hybridized carbons (Fsp3) is 0.348. The van der Waals surface area contributed by atoms with Gasteiger partial charge < -0.3 is 18.9 Å². The van der Waals surface area contributed by atoms with E-state index in [9.17, 15) is 4.79 Å². The molecular weight excluding hydrogens is 356 g/mol. The highest BCUT2D eigenvalue weighted by Gasteiger charge is 2.37. The SMILES string of the molecule is COc1cc(OC)c([C@H](c2ccccc2)C2C=CCC2OC(C)=O)c(OC)c1. The van der Waals surface area contributed by atoms with Gasteiger partial charge in [-0.3, -0.25) is 4.79 Å². The van der Waals surface area contributed by atoms with Crippen LogP contribution in [0, 0.1) is 5.92 Å². The summed E-state index contributed by atoms with van der Waals surface area (Å²) in [5.74, 6) is 1.57. The number of hydrogen-bond acceptors (Lipinski definition) is 5. The van der Waals surface area contributed by atoms with Crippen molar-refractivity contribution in [2.24, 2.45) is 5.92 Å². The molecule has 0 spiro atoms. The van der Waals surface area contributed by atoms with Gasteiger partial charge in [-0.15, -0.1) is 0 Å². The van der Waals surface area contributed by atoms with Gasteiger partial charge in [0.1, 0.15) is 23.4 Å². The lowest BCUT2D eigenvalue weighted by molar-refractivity contribution is -0.147. The normalized spacial score (nSPS) is 19.1. The number of methoxy groups -OCH3 is 3. The summed E-state index contributed by atoms with van der Waals surface area (Å²) in [6.45, 7) is 1.45. The Bertz CT molecular complexity index is 818. The van der Waals surface area contributed by atoms with Crippen molar-refractivity contribution in [1.29, 1.82) is 0 Å². The van der Waals surface area contributed by atoms with Gasteiger partial charge in [-0.05, 0) is 5.56 Å². The van der Waals surface area contributed by atoms with E-state index >= 15 is 0 Å². The predicted octanol–water partition coefficient (Wildman–Crippen LogP) is 4.35. The monoisotopic (exact) mass is 382 g/mol. The Balaban J connectivity index is 2.18. The Morgan fingerprint density at radius 3 is 2.18 bits per heavy atom. The zero-order valence-electron chi connectivity index (χ0n) is 16.7. The van der Waals surface area contributed by atoms with E-state index in [0.29, 0.717) is 23.7 Å². The summed E-state index contributed by atoms with van der Waals surface area (Å²) in [5.41, 5.74) is 2.00. The molecule has 1 aliphatic rings. The fourth-order valence-corrected chi connectivity index (χ4v) is 3.90. The Morgan fingerprint density at radius 1 is 1.00 bits per heavy atom. The maximum Gasteiger partial charge on any atom is 0.302 e. The molecular formula is C23H26O5. The van der Waals surface area contributed by atoms with Gasteiger partial charge in [-0.2, -0.15) is 0 Å². The molecule has 0 fully saturated rings. The summed E-state index contributed by atoms with van der Waals surface area (Å²) in [6, 6.07) is 13.8. The van der Waals surface area contributed by atoms with Crippen molar-refractivity contribution in [1.82, 2.24) is 0 Å². The number of hydrogen-bond donors (Lipinski definition) is 0. The largest absolute Gasteiger partial charge is 0.496 e. The van der Waals surface area contributed by atoms with Crippen LogP contribution < -0.4 is 14.2 Å². The van der Waals surface area contributed by atoms with E-state index in [2.05, 4.69) is 24.3 Å². The predicted molar refractivity (Wildman–Crippen MR) is 107 cm³/mol. The molecule has 1 aliphatic carbocycles. The first-order chi connectivity index (χ1) is 13.6. The Kier molecular flexibility index (Phi) is 6.24. The minimum absolute atomic E-state index is 0.0394. The molecule has 0 aliphatic heterocycles. The Morgan fingerprint density at radius 2 is 1.64 bits per heavy atom. The molecule has 28 heavy (non-hydrogen) atoms. The van der Waals surface area contributed by atoms with Crippen LogP contribution in [0.1, 0.15) is 30.4 Å². The molecule has 3 atom stereocenters. The number of carbonyl (C=O) groups excluding carboxylic acids is 1. The van der Waals surface area contributed by atoms with Crippen LogP contribution in [-0.2, 0) is 9.53 Å². The second-order valence-electron chi connectivity index (χ2n) is 6.72. The summed E-state index contributed by atoms with van der Waals surface area (Å²) in [4.78, 5) is 11.7. The van der Waals surface area contributed by atoms with Crippen molar-refractivity contribution in [3.05, 3.63) is 65.7 Å². The maximum absolute atomic E-state index is 11.7. The molecule has 0 radical (unpaired) electrons. The van der Waals surface area contributed by atoms with Crippen molar-refractivity contribution < 1.29 is 23.7 Å². The minimum atomic E-state index is -0.279. The third kappa shape index (κ3) is 3.98. The van der Waals surface area contributed by atoms with Crippen molar-refractivity contribution in [2.75, 3.05) is 21.3 Å². The average molecular weight is 382 g/mol. The summed E-state index contributed by atoms with van der Waals surface area (Å²) in [5, 5.41) is 0. The van der Waals surface area contributed by atoms with E-state index in [1.165, 1.54) is 6.92 Å². The first kappa shape index (κ1) is 19.8. The lowest BCUT2D eigenvalue weighted by Crippen LogP contribution is -2.27. The van der Waals surface area contributed by atoms with Gasteiger partial charge in [0.05, 0.1) is 21.3 Å². The van der Waals surface area contributed by atoms with Crippen LogP contribution in [0.25, 0.3) is 0 Å². The van der Waals surface area contributed by atoms with Gasteiger partial charge in [0.2, 0.25) is 0 Å². The molecule has 5 heteroatoms. The first-order valence-electron chi connectivity index (χ1n) is 9.27. The van der Waals surface area contributed by atoms with E-state index in [0.717, 1.165) is 11.1 Å². The number of esters is 1. The number of carbonyl (C=O) groups is 1. The Labute approximate surface area is 165 Å². The van der Waals surface area contributed by atoms with Gasteiger partial charge >= 0.3 is 5.97 Å². The van der Waals surface area contributed by atoms with Crippen molar-refractivity contribution >= 4 is 5.97 Å². The molecule has 0 saturated heterocycles. The first-order valence-corrected chi connectivity index (χ1v) is 9.27. The molecule has 0 saturated carbocycles. The van der Waals surface area contributed by atoms with Crippen LogP contribution in [0.4, 0.5) is 0 Å². The van der Waals surface area contributed by atoms with E-state index in [-0.39, 0.29) is 23.9 Å². The fourth-order valence-electron chi connectivity index (χ4n) is 3.90. The zero-order chi connectivity index (χ0) is 20.1. The van der Waals surface area contributed by atoms with E-state index in [4.69, 9.17) is 18.9 Å². The lowest BCUT2D eigenvalue weighted by Gasteiger charge is -2.31. The number of ether oxygens (including phenoxy) is 4. The van der Waals surface area contributed by atoms with Crippen LogP contribution in [-0.4, -0.2) is 33.4 Å². The highest BCUT2D eigenvalue weighted by atomic mass is 16.5. The van der Waals surface area contributed by atoms with Crippen LogP contribution in [0.2, 0.25) is 0 Å². The molecule has 0 amide bonds. The maximum atomic E-state index is 11.7. The van der Waals surface area contributed by atoms with Crippen molar-refractivity contribution in [2.45, 2.75) is 25.4 Å². The molecule has 5 nitrogen and oxygen atoms in total. The third-order valence-corrected chi connectivity index (χ3v) is 5.08. The van der Waals surface area contributed by atoms with Gasteiger partial charge in [0.15, 0.2) is 0 Å². The zero-order valence-corrected chi connectivity index (χ0v) is 16.7. The van der Waals surface area contributed by atoms with Gasteiger partial charge in [-0.25, -0.2) is 0 Å². The highest BCUT2D eigenvalue weighted by Crippen LogP contribution is 2.48. The van der Waals surface area contributed by atoms with Crippen LogP contribution in [0.5, 0.6) is 17.2 Å². The Hall–Kier alpha value is -2.95. The molecule has 2 unspecified atom stereocenters. The van der Waals surface area contributed by atoms with Gasteiger partial charge in [-0.1, -0.05) is 42.5 Å². The van der Waals surface area contributed by atoms with Gasteiger partial charge in [0, 0.05) is 42.9 Å². The second kappa shape index (κ2) is 8.83. The number of benzene rings is 2. The topological polar surface area (TPSA) is 54.0 Å². The smallest absolute Gasteiger partial charge is 0.302 e. The van der Waals surface area contributed by atoms with Gasteiger partial charge in [0.25, 0.3) is 0 Å². The molecule has 3 rings (SSSR count). The van der Waals surface area contributed by atoms with Crippen LogP contribution in [0.3, 0.4) is 0 Å². The van der Waals surface area contributed by atoms with Crippen molar-refractivity contribution in [3.8, 4) is 17.2 Å². The summed E-state index contributed by atoms with van der Waals surface area (Å²) < 4.78 is 22.5. The molecule has 2 aromatic carbocycles. The summed E-state index contributed by atoms with van der Waals surface area (Å²) in [7, 11) is 4.88. The van der Waals surface area contributed by atoms with E-state index in [1.807, 2.05) is 30.3 Å².